The number of nitriles is 1. The first-order chi connectivity index (χ1) is 5.51. The molecule has 3 N–H and O–H groups in total. The summed E-state index contributed by atoms with van der Waals surface area (Å²) in [6.45, 7) is 0. The van der Waals surface area contributed by atoms with Gasteiger partial charge in [0, 0.05) is 5.75 Å². The lowest BCUT2D eigenvalue weighted by atomic mass is 9.96. The summed E-state index contributed by atoms with van der Waals surface area (Å²) in [7, 11) is 0. The molecule has 0 spiro atoms. The van der Waals surface area contributed by atoms with E-state index in [1.165, 1.54) is 0 Å². The molecule has 12 heavy (non-hydrogen) atoms. The fraction of sp³-hybridized carbons (Fsp3) is 0.833. The van der Waals surface area contributed by atoms with Crippen molar-refractivity contribution < 1.29 is 15.3 Å². The second kappa shape index (κ2) is 3.44. The molecule has 1 aliphatic heterocycles. The largest absolute Gasteiger partial charge is 0.388 e. The number of aliphatic hydroxyl groups excluding tert-OH is 2. The third-order valence-corrected chi connectivity index (χ3v) is 3.75. The second-order valence-corrected chi connectivity index (χ2v) is 4.71. The molecular weight excluding hydrogens is 198 g/mol. The molecule has 4 nitrogen and oxygen atoms in total. The van der Waals surface area contributed by atoms with Crippen LogP contribution in [0.4, 0.5) is 0 Å². The summed E-state index contributed by atoms with van der Waals surface area (Å²) in [6, 6.07) is 1.57. The van der Waals surface area contributed by atoms with Crippen LogP contribution < -0.4 is 0 Å². The number of rotatable bonds is 0. The van der Waals surface area contributed by atoms with Crippen molar-refractivity contribution in [3.63, 3.8) is 0 Å². The molecule has 0 radical (unpaired) electrons. The van der Waals surface area contributed by atoms with E-state index in [9.17, 15) is 15.3 Å². The Morgan fingerprint density at radius 1 is 1.58 bits per heavy atom. The molecule has 0 aromatic carbocycles. The maximum atomic E-state index is 9.41. The highest BCUT2D eigenvalue weighted by atomic mass is 32.2. The van der Waals surface area contributed by atoms with Crippen LogP contribution in [-0.4, -0.2) is 43.5 Å². The van der Waals surface area contributed by atoms with Crippen LogP contribution in [-0.2, 0) is 0 Å². The SMILES string of the molecule is N#C[C@@]1(O)CS[C@@H](S)[C@H](O)[C@H]1O. The summed E-state index contributed by atoms with van der Waals surface area (Å²) >= 11 is 5.11. The number of nitrogens with zero attached hydrogens (tertiary/aromatic N) is 1. The standard InChI is InChI=1S/C6H9NO3S2/c7-1-6(10)2-12-5(11)3(8)4(6)9/h3-5,8-11H,2H2/t3-,4-,5-,6-/m1/s1. The van der Waals surface area contributed by atoms with Gasteiger partial charge in [-0.25, -0.2) is 0 Å². The highest BCUT2D eigenvalue weighted by molar-refractivity contribution is 8.10. The number of aliphatic hydroxyl groups is 3. The average molecular weight is 207 g/mol. The molecule has 68 valence electrons. The summed E-state index contributed by atoms with van der Waals surface area (Å²) in [6.07, 6.45) is -2.61. The Labute approximate surface area is 79.6 Å². The van der Waals surface area contributed by atoms with Crippen LogP contribution >= 0.6 is 24.4 Å². The molecule has 4 atom stereocenters. The normalized spacial score (nSPS) is 48.4. The Kier molecular flexibility index (Phi) is 2.91. The summed E-state index contributed by atoms with van der Waals surface area (Å²) in [4.78, 5) is 0. The van der Waals surface area contributed by atoms with Crippen LogP contribution in [0.3, 0.4) is 0 Å². The maximum absolute atomic E-state index is 9.41. The van der Waals surface area contributed by atoms with Crippen LogP contribution in [0.2, 0.25) is 0 Å². The van der Waals surface area contributed by atoms with Crippen LogP contribution in [0.5, 0.6) is 0 Å². The Bertz CT molecular complexity index is 219. The van der Waals surface area contributed by atoms with Gasteiger partial charge in [-0.15, -0.1) is 11.8 Å². The molecule has 0 saturated carbocycles. The topological polar surface area (TPSA) is 84.5 Å². The number of hydrogen-bond acceptors (Lipinski definition) is 6. The lowest BCUT2D eigenvalue weighted by molar-refractivity contribution is -0.0826. The van der Waals surface area contributed by atoms with Gasteiger partial charge < -0.3 is 15.3 Å². The van der Waals surface area contributed by atoms with Crippen molar-refractivity contribution in [1.29, 1.82) is 5.26 Å². The summed E-state index contributed by atoms with van der Waals surface area (Å²) in [5, 5.41) is 36.5. The summed E-state index contributed by atoms with van der Waals surface area (Å²) in [5.41, 5.74) is -1.84. The van der Waals surface area contributed by atoms with E-state index in [1.807, 2.05) is 0 Å². The van der Waals surface area contributed by atoms with Crippen molar-refractivity contribution >= 4 is 24.4 Å². The summed E-state index contributed by atoms with van der Waals surface area (Å²) in [5.74, 6) is 0.0654. The smallest absolute Gasteiger partial charge is 0.188 e. The van der Waals surface area contributed by atoms with Gasteiger partial charge in [-0.1, -0.05) is 0 Å². The van der Waals surface area contributed by atoms with Crippen molar-refractivity contribution in [3.05, 3.63) is 0 Å². The Morgan fingerprint density at radius 2 is 2.17 bits per heavy atom. The Morgan fingerprint density at radius 3 is 2.67 bits per heavy atom. The zero-order valence-corrected chi connectivity index (χ0v) is 7.79. The highest BCUT2D eigenvalue weighted by Gasteiger charge is 2.47. The zero-order valence-electron chi connectivity index (χ0n) is 6.08. The molecule has 1 fully saturated rings. The van der Waals surface area contributed by atoms with E-state index >= 15 is 0 Å². The van der Waals surface area contributed by atoms with E-state index in [0.717, 1.165) is 11.8 Å². The lowest BCUT2D eigenvalue weighted by Gasteiger charge is -2.37. The van der Waals surface area contributed by atoms with Crippen LogP contribution in [0, 0.1) is 11.3 Å². The third kappa shape index (κ3) is 1.56. The first-order valence-corrected chi connectivity index (χ1v) is 4.87. The van der Waals surface area contributed by atoms with Gasteiger partial charge in [0.25, 0.3) is 0 Å². The van der Waals surface area contributed by atoms with E-state index in [1.54, 1.807) is 6.07 Å². The first kappa shape index (κ1) is 10.2. The molecule has 0 aromatic heterocycles. The van der Waals surface area contributed by atoms with Gasteiger partial charge in [0.1, 0.15) is 18.3 Å². The van der Waals surface area contributed by atoms with E-state index in [4.69, 9.17) is 5.26 Å². The minimum absolute atomic E-state index is 0.0654. The first-order valence-electron chi connectivity index (χ1n) is 3.31. The van der Waals surface area contributed by atoms with Crippen LogP contribution in [0.25, 0.3) is 0 Å². The number of thioether (sulfide) groups is 1. The summed E-state index contributed by atoms with van der Waals surface area (Å²) < 4.78 is -0.450. The van der Waals surface area contributed by atoms with Crippen LogP contribution in [0.15, 0.2) is 0 Å². The van der Waals surface area contributed by atoms with E-state index in [2.05, 4.69) is 12.6 Å². The maximum Gasteiger partial charge on any atom is 0.188 e. The third-order valence-electron chi connectivity index (χ3n) is 1.77. The highest BCUT2D eigenvalue weighted by Crippen LogP contribution is 2.34. The van der Waals surface area contributed by atoms with Crippen LogP contribution in [0.1, 0.15) is 0 Å². The van der Waals surface area contributed by atoms with Crippen molar-refractivity contribution in [2.24, 2.45) is 0 Å². The van der Waals surface area contributed by atoms with Crippen molar-refractivity contribution in [1.82, 2.24) is 0 Å². The van der Waals surface area contributed by atoms with Crippen molar-refractivity contribution in [2.45, 2.75) is 22.4 Å². The van der Waals surface area contributed by atoms with Gasteiger partial charge >= 0.3 is 0 Å². The fourth-order valence-electron chi connectivity index (χ4n) is 0.933. The average Bonchev–Trinajstić information content (AvgIpc) is 2.09. The molecule has 0 aliphatic carbocycles. The van der Waals surface area contributed by atoms with Gasteiger partial charge in [-0.05, 0) is 0 Å². The van der Waals surface area contributed by atoms with Gasteiger partial charge in [-0.3, -0.25) is 0 Å². The molecule has 1 heterocycles. The van der Waals surface area contributed by atoms with E-state index in [0.29, 0.717) is 0 Å². The molecule has 0 aromatic rings. The fourth-order valence-corrected chi connectivity index (χ4v) is 2.33. The van der Waals surface area contributed by atoms with Gasteiger partial charge in [0.05, 0.1) is 4.58 Å². The van der Waals surface area contributed by atoms with Gasteiger partial charge in [0.15, 0.2) is 5.60 Å². The quantitative estimate of drug-likeness (QED) is 0.301. The molecule has 1 rings (SSSR count). The zero-order chi connectivity index (χ0) is 9.35. The second-order valence-electron chi connectivity index (χ2n) is 2.67. The Hall–Kier alpha value is 0.0700. The molecule has 1 saturated heterocycles. The molecule has 1 aliphatic rings. The lowest BCUT2D eigenvalue weighted by Crippen LogP contribution is -2.56. The molecular formula is C6H9NO3S2. The minimum atomic E-state index is -1.84. The monoisotopic (exact) mass is 207 g/mol. The predicted octanol–water partition coefficient (Wildman–Crippen LogP) is -1.03. The molecule has 0 bridgehead atoms. The number of hydrogen-bond donors (Lipinski definition) is 4. The molecule has 0 unspecified atom stereocenters. The predicted molar refractivity (Wildman–Crippen MR) is 47.8 cm³/mol. The van der Waals surface area contributed by atoms with Gasteiger partial charge in [0.2, 0.25) is 0 Å². The minimum Gasteiger partial charge on any atom is -0.388 e. The van der Waals surface area contributed by atoms with E-state index < -0.39 is 22.4 Å². The van der Waals surface area contributed by atoms with Crippen molar-refractivity contribution in [3.8, 4) is 6.07 Å². The van der Waals surface area contributed by atoms with Gasteiger partial charge in [-0.2, -0.15) is 17.9 Å². The van der Waals surface area contributed by atoms with E-state index in [-0.39, 0.29) is 5.75 Å². The molecule has 0 amide bonds. The Balaban J connectivity index is 2.79. The molecule has 6 heteroatoms. The number of thiol groups is 1. The van der Waals surface area contributed by atoms with Crippen molar-refractivity contribution in [2.75, 3.05) is 5.75 Å².